The van der Waals surface area contributed by atoms with Crippen molar-refractivity contribution in [1.29, 1.82) is 0 Å². The number of benzene rings is 2. The zero-order valence-corrected chi connectivity index (χ0v) is 16.5. The lowest BCUT2D eigenvalue weighted by Crippen LogP contribution is -2.34. The molecule has 0 fully saturated rings. The molecule has 0 saturated heterocycles. The number of fused-ring (bicyclic) bond motifs is 1. The van der Waals surface area contributed by atoms with Crippen LogP contribution in [0.15, 0.2) is 54.6 Å². The highest BCUT2D eigenvalue weighted by molar-refractivity contribution is 5.95. The third-order valence-electron chi connectivity index (χ3n) is 5.03. The summed E-state index contributed by atoms with van der Waals surface area (Å²) in [6.07, 6.45) is 0.860. The molecule has 29 heavy (non-hydrogen) atoms. The number of nitrogens with one attached hydrogen (secondary N) is 1. The quantitative estimate of drug-likeness (QED) is 0.724. The number of hydrogen-bond acceptors (Lipinski definition) is 5. The molecule has 3 aromatic rings. The van der Waals surface area contributed by atoms with Crippen molar-refractivity contribution >= 4 is 5.91 Å². The predicted octanol–water partition coefficient (Wildman–Crippen LogP) is 3.44. The number of amides is 1. The SMILES string of the molecule is COc1ccc2c(c1)OCC(CNC(=O)c1cccc(-c3ccc(C)nn3)c1)C2. The first kappa shape index (κ1) is 18.9. The topological polar surface area (TPSA) is 73.3 Å². The molecule has 2 heterocycles. The summed E-state index contributed by atoms with van der Waals surface area (Å²) in [6.45, 7) is 3.02. The van der Waals surface area contributed by atoms with Crippen LogP contribution in [0.4, 0.5) is 0 Å². The summed E-state index contributed by atoms with van der Waals surface area (Å²) in [5.74, 6) is 1.77. The highest BCUT2D eigenvalue weighted by atomic mass is 16.5. The molecule has 0 radical (unpaired) electrons. The van der Waals surface area contributed by atoms with Gasteiger partial charge in [0.05, 0.1) is 25.1 Å². The number of methoxy groups -OCH3 is 1. The monoisotopic (exact) mass is 389 g/mol. The Labute approximate surface area is 169 Å². The second-order valence-electron chi connectivity index (χ2n) is 7.21. The van der Waals surface area contributed by atoms with Crippen molar-refractivity contribution in [3.05, 3.63) is 71.4 Å². The van der Waals surface area contributed by atoms with Crippen molar-refractivity contribution < 1.29 is 14.3 Å². The van der Waals surface area contributed by atoms with Gasteiger partial charge in [0, 0.05) is 29.7 Å². The first-order chi connectivity index (χ1) is 14.1. The zero-order chi connectivity index (χ0) is 20.2. The number of aryl methyl sites for hydroxylation is 1. The Balaban J connectivity index is 1.39. The number of rotatable bonds is 5. The molecule has 1 aliphatic rings. The summed E-state index contributed by atoms with van der Waals surface area (Å²) < 4.78 is 11.1. The Bertz CT molecular complexity index is 1020. The summed E-state index contributed by atoms with van der Waals surface area (Å²) in [6, 6.07) is 17.1. The van der Waals surface area contributed by atoms with Gasteiger partial charge in [-0.05, 0) is 49.2 Å². The van der Waals surface area contributed by atoms with Crippen molar-refractivity contribution in [2.45, 2.75) is 13.3 Å². The molecule has 0 bridgehead atoms. The molecule has 1 aliphatic heterocycles. The van der Waals surface area contributed by atoms with Crippen LogP contribution >= 0.6 is 0 Å². The zero-order valence-electron chi connectivity index (χ0n) is 16.5. The molecule has 1 N–H and O–H groups in total. The molecule has 4 rings (SSSR count). The maximum Gasteiger partial charge on any atom is 0.251 e. The van der Waals surface area contributed by atoms with E-state index in [1.807, 2.05) is 55.5 Å². The fourth-order valence-electron chi connectivity index (χ4n) is 3.39. The maximum atomic E-state index is 12.6. The van der Waals surface area contributed by atoms with Crippen molar-refractivity contribution in [3.63, 3.8) is 0 Å². The first-order valence-electron chi connectivity index (χ1n) is 9.61. The lowest BCUT2D eigenvalue weighted by molar-refractivity contribution is 0.0939. The molecule has 148 valence electrons. The largest absolute Gasteiger partial charge is 0.497 e. The second-order valence-corrected chi connectivity index (χ2v) is 7.21. The van der Waals surface area contributed by atoms with Gasteiger partial charge in [0.2, 0.25) is 0 Å². The molecule has 0 aliphatic carbocycles. The third kappa shape index (κ3) is 4.37. The van der Waals surface area contributed by atoms with Crippen LogP contribution < -0.4 is 14.8 Å². The van der Waals surface area contributed by atoms with E-state index in [2.05, 4.69) is 15.5 Å². The highest BCUT2D eigenvalue weighted by Crippen LogP contribution is 2.30. The summed E-state index contributed by atoms with van der Waals surface area (Å²) in [4.78, 5) is 12.6. The van der Waals surface area contributed by atoms with E-state index in [4.69, 9.17) is 9.47 Å². The number of aromatic nitrogens is 2. The van der Waals surface area contributed by atoms with E-state index >= 15 is 0 Å². The van der Waals surface area contributed by atoms with E-state index in [0.29, 0.717) is 18.7 Å². The highest BCUT2D eigenvalue weighted by Gasteiger charge is 2.21. The van der Waals surface area contributed by atoms with Crippen LogP contribution in [0.1, 0.15) is 21.6 Å². The predicted molar refractivity (Wildman–Crippen MR) is 110 cm³/mol. The molecule has 1 amide bonds. The van der Waals surface area contributed by atoms with Crippen LogP contribution in [0, 0.1) is 12.8 Å². The molecular formula is C23H23N3O3. The molecule has 1 atom stereocenters. The van der Waals surface area contributed by atoms with Crippen LogP contribution in [0.5, 0.6) is 11.5 Å². The van der Waals surface area contributed by atoms with Gasteiger partial charge in [-0.3, -0.25) is 4.79 Å². The smallest absolute Gasteiger partial charge is 0.251 e. The van der Waals surface area contributed by atoms with Gasteiger partial charge in [0.25, 0.3) is 5.91 Å². The molecule has 2 aromatic carbocycles. The number of carbonyl (C=O) groups excluding carboxylic acids is 1. The number of hydrogen-bond donors (Lipinski definition) is 1. The molecule has 1 unspecified atom stereocenters. The second kappa shape index (κ2) is 8.31. The average molecular weight is 389 g/mol. The minimum Gasteiger partial charge on any atom is -0.497 e. The van der Waals surface area contributed by atoms with Gasteiger partial charge in [0.15, 0.2) is 0 Å². The summed E-state index contributed by atoms with van der Waals surface area (Å²) in [5, 5.41) is 11.3. The van der Waals surface area contributed by atoms with Gasteiger partial charge in [-0.1, -0.05) is 18.2 Å². The molecule has 0 spiro atoms. The van der Waals surface area contributed by atoms with Gasteiger partial charge in [-0.2, -0.15) is 10.2 Å². The molecule has 6 nitrogen and oxygen atoms in total. The Morgan fingerprint density at radius 2 is 2.07 bits per heavy atom. The van der Waals surface area contributed by atoms with E-state index in [0.717, 1.165) is 40.4 Å². The van der Waals surface area contributed by atoms with E-state index in [1.165, 1.54) is 0 Å². The van der Waals surface area contributed by atoms with Gasteiger partial charge < -0.3 is 14.8 Å². The van der Waals surface area contributed by atoms with Crippen LogP contribution in [0.3, 0.4) is 0 Å². The van der Waals surface area contributed by atoms with Crippen molar-refractivity contribution in [1.82, 2.24) is 15.5 Å². The fraction of sp³-hybridized carbons (Fsp3) is 0.261. The Morgan fingerprint density at radius 1 is 1.17 bits per heavy atom. The Kier molecular flexibility index (Phi) is 5.42. The standard InChI is InChI=1S/C23H23N3O3/c1-15-6-9-21(26-25-15)17-4-3-5-19(11-17)23(27)24-13-16-10-18-7-8-20(28-2)12-22(18)29-14-16/h3-9,11-12,16H,10,13-14H2,1-2H3,(H,24,27). The van der Waals surface area contributed by atoms with Crippen LogP contribution in [0.2, 0.25) is 0 Å². The van der Waals surface area contributed by atoms with E-state index in [-0.39, 0.29) is 11.8 Å². The summed E-state index contributed by atoms with van der Waals surface area (Å²) >= 11 is 0. The van der Waals surface area contributed by atoms with Gasteiger partial charge >= 0.3 is 0 Å². The van der Waals surface area contributed by atoms with Gasteiger partial charge in [-0.15, -0.1) is 0 Å². The molecule has 0 saturated carbocycles. The maximum absolute atomic E-state index is 12.6. The number of carbonyl (C=O) groups is 1. The van der Waals surface area contributed by atoms with Crippen LogP contribution in [0.25, 0.3) is 11.3 Å². The van der Waals surface area contributed by atoms with Gasteiger partial charge in [0.1, 0.15) is 11.5 Å². The summed E-state index contributed by atoms with van der Waals surface area (Å²) in [7, 11) is 1.64. The van der Waals surface area contributed by atoms with E-state index in [9.17, 15) is 4.79 Å². The summed E-state index contributed by atoms with van der Waals surface area (Å²) in [5.41, 5.74) is 4.22. The van der Waals surface area contributed by atoms with Crippen molar-refractivity contribution in [2.24, 2.45) is 5.92 Å². The molecular weight excluding hydrogens is 366 g/mol. The van der Waals surface area contributed by atoms with Crippen LogP contribution in [-0.4, -0.2) is 36.4 Å². The van der Waals surface area contributed by atoms with Gasteiger partial charge in [-0.25, -0.2) is 0 Å². The lowest BCUT2D eigenvalue weighted by Gasteiger charge is -2.25. The first-order valence-corrected chi connectivity index (χ1v) is 9.61. The average Bonchev–Trinajstić information content (AvgIpc) is 2.77. The normalized spacial score (nSPS) is 15.2. The van der Waals surface area contributed by atoms with E-state index < -0.39 is 0 Å². The molecule has 6 heteroatoms. The minimum atomic E-state index is -0.104. The van der Waals surface area contributed by atoms with Crippen LogP contribution in [-0.2, 0) is 6.42 Å². The number of ether oxygens (including phenoxy) is 2. The van der Waals surface area contributed by atoms with Crippen molar-refractivity contribution in [3.8, 4) is 22.8 Å². The minimum absolute atomic E-state index is 0.104. The third-order valence-corrected chi connectivity index (χ3v) is 5.03. The molecule has 1 aromatic heterocycles. The van der Waals surface area contributed by atoms with Crippen molar-refractivity contribution in [2.75, 3.05) is 20.3 Å². The van der Waals surface area contributed by atoms with E-state index in [1.54, 1.807) is 13.2 Å². The fourth-order valence-corrected chi connectivity index (χ4v) is 3.39. The Hall–Kier alpha value is -3.41. The number of nitrogens with zero attached hydrogens (tertiary/aromatic N) is 2. The Morgan fingerprint density at radius 3 is 2.86 bits per heavy atom. The lowest BCUT2D eigenvalue weighted by atomic mass is 9.96.